The van der Waals surface area contributed by atoms with E-state index in [-0.39, 0.29) is 17.0 Å². The van der Waals surface area contributed by atoms with Crippen LogP contribution in [0.25, 0.3) is 10.7 Å². The standard InChI is InChI=1S/C11H10N2O2S/c1-2-4-7-10(14)12-9(13-11(7)15)8-5-3-6-16-8/h2-3,5-6H,1,4H2,(H2,12,13,14,15). The van der Waals surface area contributed by atoms with Crippen LogP contribution in [-0.4, -0.2) is 15.1 Å². The molecule has 2 aromatic rings. The second kappa shape index (κ2) is 4.32. The van der Waals surface area contributed by atoms with Gasteiger partial charge in [-0.2, -0.15) is 4.98 Å². The van der Waals surface area contributed by atoms with Crippen LogP contribution in [0, 0.1) is 0 Å². The number of hydrogen-bond donors (Lipinski definition) is 2. The first-order valence-electron chi connectivity index (χ1n) is 4.69. The van der Waals surface area contributed by atoms with Crippen LogP contribution in [0.1, 0.15) is 5.56 Å². The predicted molar refractivity (Wildman–Crippen MR) is 63.7 cm³/mol. The lowest BCUT2D eigenvalue weighted by Gasteiger charge is -2.02. The third kappa shape index (κ3) is 1.90. The summed E-state index contributed by atoms with van der Waals surface area (Å²) in [6.45, 7) is 3.52. The summed E-state index contributed by atoms with van der Waals surface area (Å²) in [6.07, 6.45) is 1.86. The molecular weight excluding hydrogens is 224 g/mol. The Morgan fingerprint density at radius 3 is 3.00 bits per heavy atom. The zero-order valence-corrected chi connectivity index (χ0v) is 9.25. The molecule has 0 radical (unpaired) electrons. The third-order valence-corrected chi connectivity index (χ3v) is 2.97. The second-order valence-electron chi connectivity index (χ2n) is 3.19. The van der Waals surface area contributed by atoms with Gasteiger partial charge in [-0.25, -0.2) is 0 Å². The van der Waals surface area contributed by atoms with Crippen LogP contribution in [0.4, 0.5) is 0 Å². The smallest absolute Gasteiger partial charge is 0.258 e. The molecule has 0 atom stereocenters. The predicted octanol–water partition coefficient (Wildman–Crippen LogP) is 1.93. The average Bonchev–Trinajstić information content (AvgIpc) is 2.76. The first-order chi connectivity index (χ1) is 7.72. The van der Waals surface area contributed by atoms with Gasteiger partial charge in [0.05, 0.1) is 10.4 Å². The van der Waals surface area contributed by atoms with Crippen LogP contribution in [0.3, 0.4) is 0 Å². The maximum atomic E-state index is 11.6. The molecule has 4 nitrogen and oxygen atoms in total. The molecule has 0 unspecified atom stereocenters. The number of nitrogens with one attached hydrogen (secondary N) is 1. The summed E-state index contributed by atoms with van der Waals surface area (Å²) in [4.78, 5) is 19.1. The Kier molecular flexibility index (Phi) is 2.87. The van der Waals surface area contributed by atoms with Gasteiger partial charge in [0.25, 0.3) is 5.56 Å². The van der Waals surface area contributed by atoms with Crippen molar-refractivity contribution in [2.45, 2.75) is 6.42 Å². The summed E-state index contributed by atoms with van der Waals surface area (Å²) in [6, 6.07) is 3.68. The van der Waals surface area contributed by atoms with Crippen molar-refractivity contribution in [1.29, 1.82) is 0 Å². The topological polar surface area (TPSA) is 66.0 Å². The van der Waals surface area contributed by atoms with Crippen molar-refractivity contribution in [3.8, 4) is 16.6 Å². The van der Waals surface area contributed by atoms with Gasteiger partial charge in [0.15, 0.2) is 5.82 Å². The van der Waals surface area contributed by atoms with E-state index in [4.69, 9.17) is 0 Å². The number of aromatic nitrogens is 2. The van der Waals surface area contributed by atoms with E-state index in [9.17, 15) is 9.90 Å². The highest BCUT2D eigenvalue weighted by molar-refractivity contribution is 7.13. The van der Waals surface area contributed by atoms with Crippen molar-refractivity contribution in [2.24, 2.45) is 0 Å². The van der Waals surface area contributed by atoms with Crippen LogP contribution in [0.15, 0.2) is 35.0 Å². The highest BCUT2D eigenvalue weighted by Crippen LogP contribution is 2.22. The number of thiophene rings is 1. The number of aromatic amines is 1. The van der Waals surface area contributed by atoms with Gasteiger partial charge in [-0.3, -0.25) is 4.79 Å². The maximum absolute atomic E-state index is 11.6. The van der Waals surface area contributed by atoms with Crippen molar-refractivity contribution in [1.82, 2.24) is 9.97 Å². The molecule has 0 aliphatic heterocycles. The fourth-order valence-corrected chi connectivity index (χ4v) is 2.01. The molecule has 5 heteroatoms. The number of H-pyrrole nitrogens is 1. The van der Waals surface area contributed by atoms with Gasteiger partial charge < -0.3 is 10.1 Å². The molecule has 2 N–H and O–H groups in total. The zero-order chi connectivity index (χ0) is 11.5. The molecule has 0 aliphatic carbocycles. The highest BCUT2D eigenvalue weighted by Gasteiger charge is 2.10. The van der Waals surface area contributed by atoms with E-state index in [1.165, 1.54) is 11.3 Å². The fraction of sp³-hybridized carbons (Fsp3) is 0.0909. The molecule has 2 rings (SSSR count). The van der Waals surface area contributed by atoms with Gasteiger partial charge in [0.2, 0.25) is 5.88 Å². The minimum atomic E-state index is -0.323. The first-order valence-corrected chi connectivity index (χ1v) is 5.57. The zero-order valence-electron chi connectivity index (χ0n) is 8.43. The minimum absolute atomic E-state index is 0.230. The number of nitrogens with zero attached hydrogens (tertiary/aromatic N) is 1. The molecule has 0 spiro atoms. The van der Waals surface area contributed by atoms with E-state index >= 15 is 0 Å². The summed E-state index contributed by atoms with van der Waals surface area (Å²) < 4.78 is 0. The summed E-state index contributed by atoms with van der Waals surface area (Å²) in [7, 11) is 0. The van der Waals surface area contributed by atoms with E-state index in [0.29, 0.717) is 12.2 Å². The molecule has 0 amide bonds. The normalized spacial score (nSPS) is 10.2. The van der Waals surface area contributed by atoms with E-state index in [1.54, 1.807) is 6.08 Å². The number of rotatable bonds is 3. The van der Waals surface area contributed by atoms with Gasteiger partial charge in [-0.05, 0) is 11.4 Å². The summed E-state index contributed by atoms with van der Waals surface area (Å²) in [5.41, 5.74) is -0.0777. The molecule has 0 aliphatic rings. The Hall–Kier alpha value is -1.88. The molecule has 0 saturated heterocycles. The summed E-state index contributed by atoms with van der Waals surface area (Å²) in [5.74, 6) is 0.164. The largest absolute Gasteiger partial charge is 0.493 e. The molecule has 2 aromatic heterocycles. The van der Waals surface area contributed by atoms with Gasteiger partial charge in [-0.1, -0.05) is 12.1 Å². The highest BCUT2D eigenvalue weighted by atomic mass is 32.1. The molecule has 0 bridgehead atoms. The Bertz CT molecular complexity index is 558. The van der Waals surface area contributed by atoms with Gasteiger partial charge >= 0.3 is 0 Å². The van der Waals surface area contributed by atoms with Crippen molar-refractivity contribution < 1.29 is 5.11 Å². The van der Waals surface area contributed by atoms with Crippen molar-refractivity contribution >= 4 is 11.3 Å². The van der Waals surface area contributed by atoms with Gasteiger partial charge in [-0.15, -0.1) is 17.9 Å². The SMILES string of the molecule is C=CCc1c(O)nc(-c2cccs2)[nH]c1=O. The molecule has 0 fully saturated rings. The van der Waals surface area contributed by atoms with Crippen molar-refractivity contribution in [3.05, 3.63) is 46.1 Å². The Morgan fingerprint density at radius 2 is 2.44 bits per heavy atom. The van der Waals surface area contributed by atoms with E-state index in [1.807, 2.05) is 17.5 Å². The van der Waals surface area contributed by atoms with Crippen LogP contribution in [-0.2, 0) is 6.42 Å². The van der Waals surface area contributed by atoms with Crippen molar-refractivity contribution in [2.75, 3.05) is 0 Å². The first kappa shape index (κ1) is 10.6. The lowest BCUT2D eigenvalue weighted by molar-refractivity contribution is 0.445. The van der Waals surface area contributed by atoms with Crippen LogP contribution in [0.5, 0.6) is 5.88 Å². The minimum Gasteiger partial charge on any atom is -0.493 e. The van der Waals surface area contributed by atoms with E-state index in [2.05, 4.69) is 16.5 Å². The fourth-order valence-electron chi connectivity index (χ4n) is 1.34. The van der Waals surface area contributed by atoms with Crippen LogP contribution >= 0.6 is 11.3 Å². The number of allylic oxidation sites excluding steroid dienone is 1. The van der Waals surface area contributed by atoms with Crippen LogP contribution in [0.2, 0.25) is 0 Å². The Labute approximate surface area is 95.9 Å². The third-order valence-electron chi connectivity index (χ3n) is 2.10. The molecule has 82 valence electrons. The molecule has 0 aromatic carbocycles. The average molecular weight is 234 g/mol. The Balaban J connectivity index is 2.53. The summed E-state index contributed by atoms with van der Waals surface area (Å²) in [5, 5.41) is 11.5. The van der Waals surface area contributed by atoms with Gasteiger partial charge in [0, 0.05) is 6.42 Å². The molecule has 2 heterocycles. The van der Waals surface area contributed by atoms with Crippen LogP contribution < -0.4 is 5.56 Å². The van der Waals surface area contributed by atoms with E-state index < -0.39 is 0 Å². The van der Waals surface area contributed by atoms with E-state index in [0.717, 1.165) is 4.88 Å². The number of hydrogen-bond acceptors (Lipinski definition) is 4. The summed E-state index contributed by atoms with van der Waals surface area (Å²) >= 11 is 1.45. The number of aromatic hydroxyl groups is 1. The lowest BCUT2D eigenvalue weighted by Crippen LogP contribution is -2.14. The Morgan fingerprint density at radius 1 is 1.62 bits per heavy atom. The van der Waals surface area contributed by atoms with Gasteiger partial charge in [0.1, 0.15) is 0 Å². The molecule has 16 heavy (non-hydrogen) atoms. The quantitative estimate of drug-likeness (QED) is 0.797. The monoisotopic (exact) mass is 234 g/mol. The lowest BCUT2D eigenvalue weighted by atomic mass is 10.2. The maximum Gasteiger partial charge on any atom is 0.258 e. The second-order valence-corrected chi connectivity index (χ2v) is 4.13. The molecular formula is C11H10N2O2S. The van der Waals surface area contributed by atoms with Crippen molar-refractivity contribution in [3.63, 3.8) is 0 Å². The molecule has 0 saturated carbocycles.